The number of carbonyl (C=O) groups is 2. The number of para-hydroxylation sites is 1. The van der Waals surface area contributed by atoms with E-state index in [1.54, 1.807) is 6.20 Å². The first kappa shape index (κ1) is 29.1. The molecule has 0 radical (unpaired) electrons. The van der Waals surface area contributed by atoms with Crippen molar-refractivity contribution < 1.29 is 23.5 Å². The fourth-order valence-electron chi connectivity index (χ4n) is 6.57. The minimum absolute atomic E-state index is 0.0551. The maximum atomic E-state index is 15.3. The van der Waals surface area contributed by atoms with Crippen LogP contribution in [0.1, 0.15) is 54.4 Å². The first-order chi connectivity index (χ1) is 20.5. The van der Waals surface area contributed by atoms with E-state index in [2.05, 4.69) is 15.2 Å². The van der Waals surface area contributed by atoms with Crippen molar-refractivity contribution in [1.82, 2.24) is 14.8 Å². The van der Waals surface area contributed by atoms with Crippen molar-refractivity contribution >= 4 is 40.0 Å². The highest BCUT2D eigenvalue weighted by Gasteiger charge is 2.39. The molecule has 1 saturated carbocycles. The third-order valence-electron chi connectivity index (χ3n) is 8.91. The van der Waals surface area contributed by atoms with E-state index in [-0.39, 0.29) is 46.8 Å². The van der Waals surface area contributed by atoms with Crippen LogP contribution in [0, 0.1) is 5.82 Å². The largest absolute Gasteiger partial charge is 0.379 e. The summed E-state index contributed by atoms with van der Waals surface area (Å²) in [6.45, 7) is 4.17. The third kappa shape index (κ3) is 6.49. The molecular weight excluding hydrogens is 559 g/mol. The number of rotatable bonds is 8. The monoisotopic (exact) mass is 596 g/mol. The molecule has 2 aliphatic heterocycles. The first-order valence-electron chi connectivity index (χ1n) is 15.0. The van der Waals surface area contributed by atoms with E-state index in [9.17, 15) is 9.59 Å². The minimum Gasteiger partial charge on any atom is -0.379 e. The number of nitrogens with zero attached hydrogens (tertiary/aromatic N) is 2. The Bertz CT molecular complexity index is 1420. The highest BCUT2D eigenvalue weighted by Crippen LogP contribution is 2.30. The van der Waals surface area contributed by atoms with E-state index >= 15 is 4.39 Å². The number of carbonyl (C=O) groups excluding carboxylic acids is 2. The highest BCUT2D eigenvalue weighted by molar-refractivity contribution is 6.34. The van der Waals surface area contributed by atoms with Gasteiger partial charge in [-0.3, -0.25) is 14.5 Å². The number of morpholine rings is 1. The summed E-state index contributed by atoms with van der Waals surface area (Å²) in [4.78, 5) is 34.0. The van der Waals surface area contributed by atoms with Crippen LogP contribution in [0.15, 0.2) is 42.6 Å². The SMILES string of the molecule is O=C(Nc1cc(F)c(CC(=O)N2C[C@@H](N3CCOCC3)C[C@H]2COC2CCCCC2)cc1Cl)c1c[nH]c2ccccc12. The van der Waals surface area contributed by atoms with Crippen LogP contribution < -0.4 is 5.32 Å². The van der Waals surface area contributed by atoms with Gasteiger partial charge in [0.2, 0.25) is 5.91 Å². The molecule has 8 nitrogen and oxygen atoms in total. The number of halogens is 2. The molecule has 3 aromatic rings. The number of ether oxygens (including phenoxy) is 2. The van der Waals surface area contributed by atoms with E-state index in [0.717, 1.165) is 43.3 Å². The molecule has 2 N–H and O–H groups in total. The van der Waals surface area contributed by atoms with Gasteiger partial charge in [0, 0.05) is 42.8 Å². The quantitative estimate of drug-likeness (QED) is 0.363. The van der Waals surface area contributed by atoms with Crippen LogP contribution >= 0.6 is 11.6 Å². The van der Waals surface area contributed by atoms with Crippen molar-refractivity contribution in [3.05, 3.63) is 64.6 Å². The lowest BCUT2D eigenvalue weighted by Gasteiger charge is -2.32. The van der Waals surface area contributed by atoms with Gasteiger partial charge in [-0.1, -0.05) is 49.1 Å². The molecule has 0 unspecified atom stereocenters. The molecule has 2 aromatic carbocycles. The Morgan fingerprint density at radius 1 is 1.12 bits per heavy atom. The molecular formula is C32H38ClFN4O4. The molecule has 2 amide bonds. The lowest BCUT2D eigenvalue weighted by Crippen LogP contribution is -2.45. The number of hydrogen-bond acceptors (Lipinski definition) is 5. The number of likely N-dealkylation sites (tertiary alicyclic amines) is 1. The molecule has 0 spiro atoms. The zero-order chi connectivity index (χ0) is 29.1. The average Bonchev–Trinajstić information content (AvgIpc) is 3.65. The summed E-state index contributed by atoms with van der Waals surface area (Å²) in [5.74, 6) is -1.13. The number of aromatic amines is 1. The van der Waals surface area contributed by atoms with Gasteiger partial charge in [-0.2, -0.15) is 0 Å². The van der Waals surface area contributed by atoms with Gasteiger partial charge in [0.05, 0.1) is 54.7 Å². The molecule has 6 rings (SSSR count). The number of amides is 2. The average molecular weight is 597 g/mol. The highest BCUT2D eigenvalue weighted by atomic mass is 35.5. The van der Waals surface area contributed by atoms with Gasteiger partial charge in [-0.05, 0) is 43.0 Å². The Kier molecular flexibility index (Phi) is 9.09. The number of fused-ring (bicyclic) bond motifs is 1. The van der Waals surface area contributed by atoms with Crippen LogP contribution in [-0.2, 0) is 20.7 Å². The summed E-state index contributed by atoms with van der Waals surface area (Å²) in [6.07, 6.45) is 8.36. The van der Waals surface area contributed by atoms with Gasteiger partial charge in [0.25, 0.3) is 5.91 Å². The number of benzene rings is 2. The molecule has 2 atom stereocenters. The van der Waals surface area contributed by atoms with Gasteiger partial charge in [0.1, 0.15) is 5.82 Å². The molecule has 3 heterocycles. The maximum absolute atomic E-state index is 15.3. The summed E-state index contributed by atoms with van der Waals surface area (Å²) in [5.41, 5.74) is 1.63. The normalized spacial score (nSPS) is 22.1. The molecule has 1 aromatic heterocycles. The van der Waals surface area contributed by atoms with Crippen LogP contribution in [0.2, 0.25) is 5.02 Å². The van der Waals surface area contributed by atoms with E-state index in [4.69, 9.17) is 21.1 Å². The van der Waals surface area contributed by atoms with Gasteiger partial charge >= 0.3 is 0 Å². The molecule has 42 heavy (non-hydrogen) atoms. The Morgan fingerprint density at radius 3 is 2.71 bits per heavy atom. The first-order valence-corrected chi connectivity index (χ1v) is 15.4. The van der Waals surface area contributed by atoms with Crippen molar-refractivity contribution in [3.63, 3.8) is 0 Å². The zero-order valence-corrected chi connectivity index (χ0v) is 24.5. The number of H-pyrrole nitrogens is 1. The van der Waals surface area contributed by atoms with Crippen molar-refractivity contribution in [2.24, 2.45) is 0 Å². The van der Waals surface area contributed by atoms with Crippen molar-refractivity contribution in [1.29, 1.82) is 0 Å². The second kappa shape index (κ2) is 13.1. The topological polar surface area (TPSA) is 86.9 Å². The van der Waals surface area contributed by atoms with Crippen LogP contribution in [-0.4, -0.2) is 84.2 Å². The standard InChI is InChI=1S/C32H38ClFN4O4/c33-27-14-21(28(34)17-30(27)36-32(40)26-18-35-29-9-5-4-8-25(26)29)15-31(39)38-19-22(37-10-12-41-13-11-37)16-23(38)20-42-24-6-2-1-3-7-24/h4-5,8-9,14,17-18,22-24,35H,1-3,6-7,10-13,15-16,19-20H2,(H,36,40)/t22-,23-/m0/s1. The maximum Gasteiger partial charge on any atom is 0.257 e. The van der Waals surface area contributed by atoms with E-state index in [1.807, 2.05) is 29.2 Å². The lowest BCUT2D eigenvalue weighted by atomic mass is 9.98. The summed E-state index contributed by atoms with van der Waals surface area (Å²) in [5, 5.41) is 3.66. The Hall–Kier alpha value is -2.98. The molecule has 3 aliphatic rings. The molecule has 0 bridgehead atoms. The number of aromatic nitrogens is 1. The second-order valence-electron chi connectivity index (χ2n) is 11.6. The predicted molar refractivity (Wildman–Crippen MR) is 160 cm³/mol. The van der Waals surface area contributed by atoms with Crippen LogP contribution in [0.25, 0.3) is 10.9 Å². The van der Waals surface area contributed by atoms with Gasteiger partial charge in [-0.25, -0.2) is 4.39 Å². The number of hydrogen-bond donors (Lipinski definition) is 2. The molecule has 2 saturated heterocycles. The summed E-state index contributed by atoms with van der Waals surface area (Å²) < 4.78 is 27.2. The second-order valence-corrected chi connectivity index (χ2v) is 12.0. The Labute approximate surface area is 250 Å². The van der Waals surface area contributed by atoms with E-state index in [0.29, 0.717) is 31.9 Å². The van der Waals surface area contributed by atoms with E-state index < -0.39 is 11.7 Å². The van der Waals surface area contributed by atoms with Gasteiger partial charge in [0.15, 0.2) is 0 Å². The third-order valence-corrected chi connectivity index (χ3v) is 9.22. The fraction of sp³-hybridized carbons (Fsp3) is 0.500. The number of nitrogens with one attached hydrogen (secondary N) is 2. The Morgan fingerprint density at radius 2 is 1.90 bits per heavy atom. The smallest absolute Gasteiger partial charge is 0.257 e. The van der Waals surface area contributed by atoms with Crippen LogP contribution in [0.3, 0.4) is 0 Å². The van der Waals surface area contributed by atoms with Crippen molar-refractivity contribution in [3.8, 4) is 0 Å². The summed E-state index contributed by atoms with van der Waals surface area (Å²) >= 11 is 6.50. The summed E-state index contributed by atoms with van der Waals surface area (Å²) in [7, 11) is 0. The fourth-order valence-corrected chi connectivity index (χ4v) is 6.81. The molecule has 1 aliphatic carbocycles. The summed E-state index contributed by atoms with van der Waals surface area (Å²) in [6, 6.07) is 10.3. The predicted octanol–water partition coefficient (Wildman–Crippen LogP) is 5.41. The number of anilines is 1. The lowest BCUT2D eigenvalue weighted by molar-refractivity contribution is -0.133. The van der Waals surface area contributed by atoms with E-state index in [1.165, 1.54) is 31.4 Å². The van der Waals surface area contributed by atoms with Crippen LogP contribution in [0.5, 0.6) is 0 Å². The zero-order valence-electron chi connectivity index (χ0n) is 23.7. The Balaban J connectivity index is 1.14. The molecule has 224 valence electrons. The van der Waals surface area contributed by atoms with Gasteiger partial charge < -0.3 is 24.7 Å². The molecule has 3 fully saturated rings. The van der Waals surface area contributed by atoms with Crippen molar-refractivity contribution in [2.75, 3.05) is 44.8 Å². The van der Waals surface area contributed by atoms with Crippen LogP contribution in [0.4, 0.5) is 10.1 Å². The minimum atomic E-state index is -0.582. The van der Waals surface area contributed by atoms with Gasteiger partial charge in [-0.15, -0.1) is 0 Å². The van der Waals surface area contributed by atoms with Crippen molar-refractivity contribution in [2.45, 2.75) is 63.1 Å². The molecule has 10 heteroatoms.